The maximum Gasteiger partial charge on any atom is 0.234 e. The summed E-state index contributed by atoms with van der Waals surface area (Å²) < 4.78 is 7.26. The first-order chi connectivity index (χ1) is 11.7. The molecule has 2 aromatic heterocycles. The number of nitrogens with zero attached hydrogens (tertiary/aromatic N) is 3. The molecule has 0 aliphatic rings. The quantitative estimate of drug-likeness (QED) is 0.668. The molecular weight excluding hydrogens is 326 g/mol. The zero-order valence-corrected chi connectivity index (χ0v) is 13.9. The molecule has 3 rings (SSSR count). The van der Waals surface area contributed by atoms with Crippen LogP contribution in [-0.2, 0) is 4.79 Å². The minimum Gasteiger partial charge on any atom is -0.492 e. The molecule has 1 amide bonds. The van der Waals surface area contributed by atoms with E-state index >= 15 is 0 Å². The molecule has 0 atom stereocenters. The molecule has 2 heterocycles. The molecule has 0 aliphatic heterocycles. The number of para-hydroxylation sites is 2. The Balaban J connectivity index is 1.66. The van der Waals surface area contributed by atoms with Crippen LogP contribution in [0.15, 0.2) is 47.8 Å². The van der Waals surface area contributed by atoms with Crippen LogP contribution >= 0.6 is 11.8 Å². The summed E-state index contributed by atoms with van der Waals surface area (Å²) in [6.07, 6.45) is 1.74. The Morgan fingerprint density at radius 2 is 2.12 bits per heavy atom. The number of anilines is 2. The molecular formula is C16H17N5O2S. The number of pyridine rings is 1. The Morgan fingerprint density at radius 3 is 2.96 bits per heavy atom. The van der Waals surface area contributed by atoms with Crippen molar-refractivity contribution in [2.45, 2.75) is 12.1 Å². The zero-order chi connectivity index (χ0) is 16.9. The van der Waals surface area contributed by atoms with Crippen molar-refractivity contribution in [2.24, 2.45) is 0 Å². The number of hydrogen-bond acceptors (Lipinski definition) is 6. The van der Waals surface area contributed by atoms with Gasteiger partial charge in [0.25, 0.3) is 0 Å². The number of thioether (sulfide) groups is 1. The third kappa shape index (κ3) is 3.60. The lowest BCUT2D eigenvalue weighted by Gasteiger charge is -2.10. The van der Waals surface area contributed by atoms with Gasteiger partial charge in [0, 0.05) is 11.9 Å². The molecule has 1 aromatic carbocycles. The van der Waals surface area contributed by atoms with Crippen LogP contribution in [0.5, 0.6) is 5.75 Å². The average Bonchev–Trinajstić information content (AvgIpc) is 2.97. The number of nitrogens with two attached hydrogens (primary N) is 1. The molecule has 0 saturated carbocycles. The minimum absolute atomic E-state index is 0.146. The van der Waals surface area contributed by atoms with Crippen LogP contribution in [0.2, 0.25) is 0 Å². The maximum atomic E-state index is 12.2. The zero-order valence-electron chi connectivity index (χ0n) is 13.1. The normalized spacial score (nSPS) is 10.7. The summed E-state index contributed by atoms with van der Waals surface area (Å²) >= 11 is 1.29. The van der Waals surface area contributed by atoms with E-state index < -0.39 is 0 Å². The molecule has 0 saturated heterocycles. The standard InChI is InChI=1S/C16H17N5O2S/c1-2-23-13-6-4-3-5-12(13)18-15(22)10-24-16-20-19-14-8-7-11(17)9-21(14)16/h3-9H,2,10,17H2,1H3,(H,18,22). The van der Waals surface area contributed by atoms with Gasteiger partial charge in [0.05, 0.1) is 18.0 Å². The summed E-state index contributed by atoms with van der Waals surface area (Å²) in [5.41, 5.74) is 7.73. The number of ether oxygens (including phenoxy) is 1. The average molecular weight is 343 g/mol. The van der Waals surface area contributed by atoms with Gasteiger partial charge in [-0.25, -0.2) is 0 Å². The van der Waals surface area contributed by atoms with Gasteiger partial charge in [-0.05, 0) is 31.2 Å². The minimum atomic E-state index is -0.146. The van der Waals surface area contributed by atoms with Gasteiger partial charge in [-0.2, -0.15) is 0 Å². The van der Waals surface area contributed by atoms with Gasteiger partial charge in [-0.3, -0.25) is 9.20 Å². The van der Waals surface area contributed by atoms with Crippen molar-refractivity contribution in [2.75, 3.05) is 23.4 Å². The number of amides is 1. The molecule has 0 aliphatic carbocycles. The highest BCUT2D eigenvalue weighted by Gasteiger charge is 2.11. The van der Waals surface area contributed by atoms with E-state index in [2.05, 4.69) is 15.5 Å². The largest absolute Gasteiger partial charge is 0.492 e. The number of hydrogen-bond donors (Lipinski definition) is 2. The second-order valence-corrected chi connectivity index (χ2v) is 5.88. The molecule has 3 N–H and O–H groups in total. The monoisotopic (exact) mass is 343 g/mol. The van der Waals surface area contributed by atoms with Crippen LogP contribution < -0.4 is 15.8 Å². The Labute approximate surface area is 143 Å². The van der Waals surface area contributed by atoms with Crippen LogP contribution in [-0.4, -0.2) is 32.9 Å². The van der Waals surface area contributed by atoms with Gasteiger partial charge in [0.2, 0.25) is 5.91 Å². The summed E-state index contributed by atoms with van der Waals surface area (Å²) in [6.45, 7) is 2.44. The van der Waals surface area contributed by atoms with Crippen LogP contribution in [0.25, 0.3) is 5.65 Å². The van der Waals surface area contributed by atoms with Crippen molar-refractivity contribution in [3.8, 4) is 5.75 Å². The number of rotatable bonds is 6. The van der Waals surface area contributed by atoms with Gasteiger partial charge >= 0.3 is 0 Å². The Morgan fingerprint density at radius 1 is 1.29 bits per heavy atom. The lowest BCUT2D eigenvalue weighted by atomic mass is 10.3. The summed E-state index contributed by atoms with van der Waals surface area (Å²) in [7, 11) is 0. The van der Waals surface area contributed by atoms with E-state index in [4.69, 9.17) is 10.5 Å². The van der Waals surface area contributed by atoms with Gasteiger partial charge in [0.15, 0.2) is 10.8 Å². The number of nitrogen functional groups attached to an aromatic ring is 1. The Kier molecular flexibility index (Phi) is 4.85. The fraction of sp³-hybridized carbons (Fsp3) is 0.188. The highest BCUT2D eigenvalue weighted by atomic mass is 32.2. The third-order valence-electron chi connectivity index (χ3n) is 3.19. The Bertz CT molecular complexity index is 865. The molecule has 0 radical (unpaired) electrons. The summed E-state index contributed by atoms with van der Waals surface area (Å²) in [5.74, 6) is 0.711. The van der Waals surface area contributed by atoms with E-state index in [0.717, 1.165) is 0 Å². The summed E-state index contributed by atoms with van der Waals surface area (Å²) in [6, 6.07) is 10.9. The first-order valence-electron chi connectivity index (χ1n) is 7.42. The van der Waals surface area contributed by atoms with E-state index in [-0.39, 0.29) is 11.7 Å². The predicted molar refractivity (Wildman–Crippen MR) is 94.4 cm³/mol. The van der Waals surface area contributed by atoms with Crippen LogP contribution in [0.4, 0.5) is 11.4 Å². The lowest BCUT2D eigenvalue weighted by molar-refractivity contribution is -0.113. The van der Waals surface area contributed by atoms with E-state index in [0.29, 0.717) is 34.5 Å². The number of carbonyl (C=O) groups excluding carboxylic acids is 1. The molecule has 0 fully saturated rings. The molecule has 8 heteroatoms. The van der Waals surface area contributed by atoms with E-state index in [1.165, 1.54) is 11.8 Å². The van der Waals surface area contributed by atoms with Crippen LogP contribution in [0.1, 0.15) is 6.92 Å². The van der Waals surface area contributed by atoms with Gasteiger partial charge < -0.3 is 15.8 Å². The van der Waals surface area contributed by atoms with Crippen molar-refractivity contribution in [1.82, 2.24) is 14.6 Å². The van der Waals surface area contributed by atoms with E-state index in [1.54, 1.807) is 28.8 Å². The highest BCUT2D eigenvalue weighted by molar-refractivity contribution is 7.99. The predicted octanol–water partition coefficient (Wildman–Crippen LogP) is 2.44. The maximum absolute atomic E-state index is 12.2. The SMILES string of the molecule is CCOc1ccccc1NC(=O)CSc1nnc2ccc(N)cn12. The number of aromatic nitrogens is 3. The fourth-order valence-corrected chi connectivity index (χ4v) is 2.87. The van der Waals surface area contributed by atoms with Crippen LogP contribution in [0, 0.1) is 0 Å². The van der Waals surface area contributed by atoms with E-state index in [1.807, 2.05) is 25.1 Å². The number of nitrogens with one attached hydrogen (secondary N) is 1. The molecule has 7 nitrogen and oxygen atoms in total. The first-order valence-corrected chi connectivity index (χ1v) is 8.40. The molecule has 24 heavy (non-hydrogen) atoms. The van der Waals surface area contributed by atoms with Crippen LogP contribution in [0.3, 0.4) is 0 Å². The molecule has 0 spiro atoms. The van der Waals surface area contributed by atoms with Gasteiger partial charge in [0.1, 0.15) is 5.75 Å². The molecule has 0 unspecified atom stereocenters. The first kappa shape index (κ1) is 16.1. The van der Waals surface area contributed by atoms with Crippen molar-refractivity contribution in [1.29, 1.82) is 0 Å². The Hall–Kier alpha value is -2.74. The number of fused-ring (bicyclic) bond motifs is 1. The third-order valence-corrected chi connectivity index (χ3v) is 4.13. The topological polar surface area (TPSA) is 94.5 Å². The van der Waals surface area contributed by atoms with E-state index in [9.17, 15) is 4.79 Å². The van der Waals surface area contributed by atoms with Crippen molar-refractivity contribution >= 4 is 34.7 Å². The summed E-state index contributed by atoms with van der Waals surface area (Å²) in [4.78, 5) is 12.2. The highest BCUT2D eigenvalue weighted by Crippen LogP contribution is 2.24. The molecule has 0 bridgehead atoms. The smallest absolute Gasteiger partial charge is 0.234 e. The van der Waals surface area contributed by atoms with Crippen molar-refractivity contribution < 1.29 is 9.53 Å². The van der Waals surface area contributed by atoms with Gasteiger partial charge in [-0.1, -0.05) is 23.9 Å². The molecule has 124 valence electrons. The number of carbonyl (C=O) groups is 1. The summed E-state index contributed by atoms with van der Waals surface area (Å²) in [5, 5.41) is 11.6. The second-order valence-electron chi connectivity index (χ2n) is 4.94. The molecule has 3 aromatic rings. The number of benzene rings is 1. The van der Waals surface area contributed by atoms with Crippen molar-refractivity contribution in [3.05, 3.63) is 42.6 Å². The van der Waals surface area contributed by atoms with Crippen molar-refractivity contribution in [3.63, 3.8) is 0 Å². The lowest BCUT2D eigenvalue weighted by Crippen LogP contribution is -2.15. The fourth-order valence-electron chi connectivity index (χ4n) is 2.15. The second kappa shape index (κ2) is 7.22. The van der Waals surface area contributed by atoms with Gasteiger partial charge in [-0.15, -0.1) is 10.2 Å².